The number of anilines is 2. The Kier molecular flexibility index (Phi) is 5.49. The first-order chi connectivity index (χ1) is 17.6. The molecule has 0 bridgehead atoms. The van der Waals surface area contributed by atoms with Gasteiger partial charge in [-0.1, -0.05) is 24.3 Å². The van der Waals surface area contributed by atoms with Crippen molar-refractivity contribution in [2.75, 3.05) is 31.2 Å². The number of methoxy groups -OCH3 is 1. The van der Waals surface area contributed by atoms with Crippen molar-refractivity contribution in [1.82, 2.24) is 30.0 Å². The third-order valence-electron chi connectivity index (χ3n) is 6.67. The number of nitrogens with one attached hydrogen (secondary N) is 3. The number of amides is 1. The van der Waals surface area contributed by atoms with Crippen molar-refractivity contribution in [3.63, 3.8) is 0 Å². The van der Waals surface area contributed by atoms with Gasteiger partial charge in [0.25, 0.3) is 5.91 Å². The van der Waals surface area contributed by atoms with Crippen LogP contribution >= 0.6 is 0 Å². The van der Waals surface area contributed by atoms with Crippen molar-refractivity contribution in [3.05, 3.63) is 60.6 Å². The lowest BCUT2D eigenvalue weighted by atomic mass is 10.1. The molecule has 1 fully saturated rings. The molecule has 3 aromatic heterocycles. The van der Waals surface area contributed by atoms with Crippen LogP contribution in [0.15, 0.2) is 54.9 Å². The zero-order valence-electron chi connectivity index (χ0n) is 19.8. The molecule has 182 valence electrons. The SMILES string of the molecule is COc1cc(-c2nn(C3CCNCC3)c3ncnc(N)c23)ccc1NC(=O)c1cc2ccccc2[nH]1. The lowest BCUT2D eigenvalue weighted by Gasteiger charge is -2.23. The topological polar surface area (TPSA) is 136 Å². The van der Waals surface area contributed by atoms with Crippen molar-refractivity contribution in [3.8, 4) is 17.0 Å². The highest BCUT2D eigenvalue weighted by Crippen LogP contribution is 2.37. The number of carbonyl (C=O) groups is 1. The van der Waals surface area contributed by atoms with E-state index in [1.807, 2.05) is 53.2 Å². The first-order valence-corrected chi connectivity index (χ1v) is 11.9. The van der Waals surface area contributed by atoms with Gasteiger partial charge in [0.1, 0.15) is 29.3 Å². The monoisotopic (exact) mass is 482 g/mol. The lowest BCUT2D eigenvalue weighted by molar-refractivity contribution is 0.102. The fourth-order valence-electron chi connectivity index (χ4n) is 4.83. The van der Waals surface area contributed by atoms with Crippen molar-refractivity contribution in [1.29, 1.82) is 0 Å². The summed E-state index contributed by atoms with van der Waals surface area (Å²) in [5, 5.41) is 13.0. The molecule has 0 aliphatic carbocycles. The maximum atomic E-state index is 13.0. The molecule has 6 rings (SSSR count). The van der Waals surface area contributed by atoms with E-state index >= 15 is 0 Å². The minimum atomic E-state index is -0.254. The standard InChI is InChI=1S/C26H26N8O2/c1-36-21-13-16(6-7-19(21)32-26(35)20-12-15-4-2-3-5-18(15)31-20)23-22-24(27)29-14-30-25(22)34(33-23)17-8-10-28-11-9-17/h2-7,12-14,17,28,31H,8-11H2,1H3,(H,32,35)(H2,27,29,30). The van der Waals surface area contributed by atoms with Crippen LogP contribution in [0.25, 0.3) is 33.2 Å². The second-order valence-electron chi connectivity index (χ2n) is 8.87. The number of ether oxygens (including phenoxy) is 1. The Bertz CT molecular complexity index is 1550. The number of aromatic amines is 1. The summed E-state index contributed by atoms with van der Waals surface area (Å²) in [5.74, 6) is 0.637. The highest BCUT2D eigenvalue weighted by Gasteiger charge is 2.24. The Labute approximate surface area is 206 Å². The van der Waals surface area contributed by atoms with Crippen LogP contribution in [-0.4, -0.2) is 50.8 Å². The largest absolute Gasteiger partial charge is 0.495 e. The summed E-state index contributed by atoms with van der Waals surface area (Å²) >= 11 is 0. The van der Waals surface area contributed by atoms with Crippen LogP contribution in [0.5, 0.6) is 5.75 Å². The molecule has 0 radical (unpaired) electrons. The number of carbonyl (C=O) groups excluding carboxylic acids is 1. The van der Waals surface area contributed by atoms with Crippen LogP contribution in [0.2, 0.25) is 0 Å². The van der Waals surface area contributed by atoms with E-state index in [4.69, 9.17) is 15.6 Å². The number of rotatable bonds is 5. The van der Waals surface area contributed by atoms with Crippen LogP contribution in [0.4, 0.5) is 11.5 Å². The molecule has 10 heteroatoms. The maximum absolute atomic E-state index is 13.0. The van der Waals surface area contributed by atoms with E-state index in [0.29, 0.717) is 34.0 Å². The van der Waals surface area contributed by atoms with Crippen molar-refractivity contribution < 1.29 is 9.53 Å². The number of nitrogen functional groups attached to an aromatic ring is 1. The average Bonchev–Trinajstić information content (AvgIpc) is 3.52. The molecule has 1 aliphatic heterocycles. The fourth-order valence-corrected chi connectivity index (χ4v) is 4.83. The molecule has 1 amide bonds. The summed E-state index contributed by atoms with van der Waals surface area (Å²) in [6, 6.07) is 15.4. The Morgan fingerprint density at radius 1 is 1.14 bits per heavy atom. The van der Waals surface area contributed by atoms with Crippen molar-refractivity contribution >= 4 is 39.3 Å². The molecule has 0 saturated carbocycles. The van der Waals surface area contributed by atoms with Gasteiger partial charge in [-0.15, -0.1) is 0 Å². The van der Waals surface area contributed by atoms with Gasteiger partial charge in [-0.25, -0.2) is 14.6 Å². The van der Waals surface area contributed by atoms with Crippen LogP contribution in [0.1, 0.15) is 29.4 Å². The van der Waals surface area contributed by atoms with Gasteiger partial charge in [0.15, 0.2) is 5.65 Å². The van der Waals surface area contributed by atoms with Gasteiger partial charge < -0.3 is 26.1 Å². The van der Waals surface area contributed by atoms with Gasteiger partial charge in [-0.3, -0.25) is 4.79 Å². The van der Waals surface area contributed by atoms with Crippen LogP contribution < -0.4 is 21.1 Å². The molecule has 10 nitrogen and oxygen atoms in total. The Hall–Kier alpha value is -4.44. The summed E-state index contributed by atoms with van der Waals surface area (Å²) in [7, 11) is 1.57. The number of piperidine rings is 1. The summed E-state index contributed by atoms with van der Waals surface area (Å²) in [6.07, 6.45) is 3.40. The minimum Gasteiger partial charge on any atom is -0.495 e. The number of hydrogen-bond donors (Lipinski definition) is 4. The molecule has 0 spiro atoms. The van der Waals surface area contributed by atoms with Gasteiger partial charge in [-0.2, -0.15) is 5.10 Å². The fraction of sp³-hybridized carbons (Fsp3) is 0.231. The van der Waals surface area contributed by atoms with E-state index in [1.54, 1.807) is 7.11 Å². The van der Waals surface area contributed by atoms with E-state index in [1.165, 1.54) is 6.33 Å². The molecule has 5 N–H and O–H groups in total. The van der Waals surface area contributed by atoms with Crippen LogP contribution in [0.3, 0.4) is 0 Å². The number of benzene rings is 2. The lowest BCUT2D eigenvalue weighted by Crippen LogP contribution is -2.30. The van der Waals surface area contributed by atoms with Crippen LogP contribution in [-0.2, 0) is 0 Å². The average molecular weight is 483 g/mol. The molecule has 0 atom stereocenters. The second kappa shape index (κ2) is 8.97. The van der Waals surface area contributed by atoms with E-state index in [2.05, 4.69) is 25.6 Å². The number of aromatic nitrogens is 5. The molecule has 36 heavy (non-hydrogen) atoms. The maximum Gasteiger partial charge on any atom is 0.272 e. The zero-order chi connectivity index (χ0) is 24.6. The predicted octanol–water partition coefficient (Wildman–Crippen LogP) is 3.74. The second-order valence-corrected chi connectivity index (χ2v) is 8.87. The molecular weight excluding hydrogens is 456 g/mol. The molecule has 2 aromatic carbocycles. The Morgan fingerprint density at radius 2 is 1.97 bits per heavy atom. The van der Waals surface area contributed by atoms with Crippen LogP contribution in [0, 0.1) is 0 Å². The van der Waals surface area contributed by atoms with Crippen molar-refractivity contribution in [2.45, 2.75) is 18.9 Å². The van der Waals surface area contributed by atoms with Gasteiger partial charge in [-0.05, 0) is 50.2 Å². The number of nitrogens with zero attached hydrogens (tertiary/aromatic N) is 4. The van der Waals surface area contributed by atoms with Gasteiger partial charge in [0, 0.05) is 16.5 Å². The number of hydrogen-bond acceptors (Lipinski definition) is 7. The molecule has 1 aliphatic rings. The third kappa shape index (κ3) is 3.81. The highest BCUT2D eigenvalue weighted by atomic mass is 16.5. The summed E-state index contributed by atoms with van der Waals surface area (Å²) < 4.78 is 7.61. The highest BCUT2D eigenvalue weighted by molar-refractivity contribution is 6.07. The Balaban J connectivity index is 1.36. The third-order valence-corrected chi connectivity index (χ3v) is 6.67. The first-order valence-electron chi connectivity index (χ1n) is 11.9. The normalized spacial score (nSPS) is 14.4. The van der Waals surface area contributed by atoms with Gasteiger partial charge in [0.05, 0.1) is 24.2 Å². The predicted molar refractivity (Wildman–Crippen MR) is 139 cm³/mol. The van der Waals surface area contributed by atoms with Gasteiger partial charge in [0.2, 0.25) is 0 Å². The van der Waals surface area contributed by atoms with E-state index < -0.39 is 0 Å². The molecule has 5 aromatic rings. The number of para-hydroxylation sites is 1. The molecule has 1 saturated heterocycles. The van der Waals surface area contributed by atoms with E-state index in [-0.39, 0.29) is 11.9 Å². The first kappa shape index (κ1) is 22.1. The molecular formula is C26H26N8O2. The summed E-state index contributed by atoms with van der Waals surface area (Å²) in [5.41, 5.74) is 10.4. The molecule has 0 unspecified atom stereocenters. The minimum absolute atomic E-state index is 0.230. The number of fused-ring (bicyclic) bond motifs is 2. The summed E-state index contributed by atoms with van der Waals surface area (Å²) in [6.45, 7) is 1.86. The van der Waals surface area contributed by atoms with E-state index in [0.717, 1.165) is 48.0 Å². The zero-order valence-corrected chi connectivity index (χ0v) is 19.8. The van der Waals surface area contributed by atoms with Crippen molar-refractivity contribution in [2.24, 2.45) is 0 Å². The smallest absolute Gasteiger partial charge is 0.272 e. The quantitative estimate of drug-likeness (QED) is 0.300. The van der Waals surface area contributed by atoms with E-state index in [9.17, 15) is 4.79 Å². The number of H-pyrrole nitrogens is 1. The summed E-state index contributed by atoms with van der Waals surface area (Å²) in [4.78, 5) is 24.8. The molecule has 4 heterocycles. The van der Waals surface area contributed by atoms with Gasteiger partial charge >= 0.3 is 0 Å². The Morgan fingerprint density at radius 3 is 2.78 bits per heavy atom. The number of nitrogens with two attached hydrogens (primary N) is 1.